The molecule has 3 N–H and O–H groups in total. The van der Waals surface area contributed by atoms with Crippen LogP contribution in [0.1, 0.15) is 51.6 Å². The minimum atomic E-state index is -0.447. The number of nitrogens with one attached hydrogen (secondary N) is 3. The van der Waals surface area contributed by atoms with Gasteiger partial charge in [0.1, 0.15) is 0 Å². The second kappa shape index (κ2) is 8.91. The van der Waals surface area contributed by atoms with Crippen LogP contribution in [-0.4, -0.2) is 33.7 Å². The van der Waals surface area contributed by atoms with Gasteiger partial charge in [0.2, 0.25) is 5.91 Å². The van der Waals surface area contributed by atoms with E-state index in [1.165, 1.54) is 31.7 Å². The molecule has 2 aliphatic carbocycles. The van der Waals surface area contributed by atoms with E-state index in [4.69, 9.17) is 0 Å². The van der Waals surface area contributed by atoms with Crippen molar-refractivity contribution in [1.82, 2.24) is 20.6 Å². The molecule has 0 unspecified atom stereocenters. The number of thioether (sulfide) groups is 1. The molecule has 3 rings (SSSR count). The number of hydrogen-bond donors (Lipinski definition) is 3. The van der Waals surface area contributed by atoms with Crippen LogP contribution in [0.15, 0.2) is 16.0 Å². The Morgan fingerprint density at radius 1 is 1.37 bits per heavy atom. The summed E-state index contributed by atoms with van der Waals surface area (Å²) in [6.07, 6.45) is 6.67. The van der Waals surface area contributed by atoms with Crippen LogP contribution in [-0.2, 0) is 11.2 Å². The second-order valence-electron chi connectivity index (χ2n) is 7.73. The van der Waals surface area contributed by atoms with E-state index in [1.54, 1.807) is 0 Å². The highest BCUT2D eigenvalue weighted by atomic mass is 32.2. The van der Waals surface area contributed by atoms with Crippen molar-refractivity contribution in [2.75, 3.05) is 5.75 Å². The van der Waals surface area contributed by atoms with E-state index < -0.39 is 11.9 Å². The number of imide groups is 1. The monoisotopic (exact) mass is 392 g/mol. The molecule has 1 heterocycles. The first-order valence-corrected chi connectivity index (χ1v) is 10.8. The Morgan fingerprint density at radius 2 is 2.19 bits per heavy atom. The number of urea groups is 1. The first-order chi connectivity index (χ1) is 12.9. The fourth-order valence-electron chi connectivity index (χ4n) is 4.49. The number of amides is 3. The number of carbonyl (C=O) groups excluding carboxylic acids is 2. The smallest absolute Gasteiger partial charge is 0.321 e. The van der Waals surface area contributed by atoms with Gasteiger partial charge in [-0.15, -0.1) is 0 Å². The highest BCUT2D eigenvalue weighted by molar-refractivity contribution is 7.99. The van der Waals surface area contributed by atoms with Gasteiger partial charge in [-0.1, -0.05) is 31.5 Å². The van der Waals surface area contributed by atoms with E-state index in [0.717, 1.165) is 30.0 Å². The zero-order valence-electron chi connectivity index (χ0n) is 15.9. The molecule has 2 bridgehead atoms. The van der Waals surface area contributed by atoms with Crippen molar-refractivity contribution in [3.05, 3.63) is 22.1 Å². The third-order valence-electron chi connectivity index (χ3n) is 5.67. The number of carbonyl (C=O) groups is 2. The molecule has 2 aliphatic rings. The summed E-state index contributed by atoms with van der Waals surface area (Å²) in [4.78, 5) is 42.7. The molecule has 1 aromatic rings. The molecule has 2 fully saturated rings. The van der Waals surface area contributed by atoms with Gasteiger partial charge in [0.15, 0.2) is 5.16 Å². The van der Waals surface area contributed by atoms with Crippen LogP contribution in [0.25, 0.3) is 0 Å². The van der Waals surface area contributed by atoms with Crippen LogP contribution in [0.4, 0.5) is 4.79 Å². The molecule has 4 atom stereocenters. The normalized spacial score (nSPS) is 24.6. The minimum absolute atomic E-state index is 0.0223. The average molecular weight is 393 g/mol. The summed E-state index contributed by atoms with van der Waals surface area (Å²) in [5.74, 6) is 1.68. The first kappa shape index (κ1) is 19.9. The van der Waals surface area contributed by atoms with Gasteiger partial charge in [0, 0.05) is 17.8 Å². The van der Waals surface area contributed by atoms with Crippen LogP contribution < -0.4 is 16.2 Å². The lowest BCUT2D eigenvalue weighted by Gasteiger charge is -2.28. The number of aromatic amines is 1. The summed E-state index contributed by atoms with van der Waals surface area (Å²) < 4.78 is 0. The Balaban J connectivity index is 1.43. The molecule has 0 spiro atoms. The van der Waals surface area contributed by atoms with Gasteiger partial charge in [-0.05, 0) is 50.4 Å². The molecule has 3 amide bonds. The maximum absolute atomic E-state index is 12.1. The predicted octanol–water partition coefficient (Wildman–Crippen LogP) is 2.46. The van der Waals surface area contributed by atoms with Crippen molar-refractivity contribution in [2.24, 2.45) is 17.8 Å². The van der Waals surface area contributed by atoms with Gasteiger partial charge in [-0.25, -0.2) is 9.78 Å². The molecule has 1 aromatic heterocycles. The van der Waals surface area contributed by atoms with E-state index in [1.807, 2.05) is 13.8 Å². The lowest BCUT2D eigenvalue weighted by Crippen LogP contribution is -2.47. The van der Waals surface area contributed by atoms with E-state index in [2.05, 4.69) is 20.6 Å². The molecule has 148 valence electrons. The zero-order chi connectivity index (χ0) is 19.4. The summed E-state index contributed by atoms with van der Waals surface area (Å²) in [5, 5.41) is 5.69. The van der Waals surface area contributed by atoms with Crippen molar-refractivity contribution in [1.29, 1.82) is 0 Å². The molecule has 8 heteroatoms. The Morgan fingerprint density at radius 3 is 2.85 bits per heavy atom. The molecule has 27 heavy (non-hydrogen) atoms. The van der Waals surface area contributed by atoms with Crippen molar-refractivity contribution >= 4 is 23.7 Å². The van der Waals surface area contributed by atoms with Crippen LogP contribution in [0.5, 0.6) is 0 Å². The summed E-state index contributed by atoms with van der Waals surface area (Å²) in [6, 6.07) is 1.10. The zero-order valence-corrected chi connectivity index (χ0v) is 16.7. The van der Waals surface area contributed by atoms with Gasteiger partial charge in [-0.2, -0.15) is 0 Å². The van der Waals surface area contributed by atoms with E-state index in [0.29, 0.717) is 23.2 Å². The Labute approximate surface area is 163 Å². The predicted molar refractivity (Wildman–Crippen MR) is 105 cm³/mol. The van der Waals surface area contributed by atoms with Gasteiger partial charge >= 0.3 is 6.03 Å². The van der Waals surface area contributed by atoms with Crippen LogP contribution in [0.2, 0.25) is 0 Å². The number of H-pyrrole nitrogens is 1. The van der Waals surface area contributed by atoms with Gasteiger partial charge < -0.3 is 10.3 Å². The summed E-state index contributed by atoms with van der Waals surface area (Å²) in [5.41, 5.74) is 0.482. The highest BCUT2D eigenvalue weighted by Gasteiger charge is 2.42. The topological polar surface area (TPSA) is 104 Å². The number of rotatable bonds is 7. The Kier molecular flexibility index (Phi) is 6.57. The lowest BCUT2D eigenvalue weighted by atomic mass is 9.84. The van der Waals surface area contributed by atoms with Crippen LogP contribution in [0.3, 0.4) is 0 Å². The molecule has 0 aliphatic heterocycles. The number of fused-ring (bicyclic) bond motifs is 2. The van der Waals surface area contributed by atoms with E-state index in [9.17, 15) is 14.4 Å². The summed E-state index contributed by atoms with van der Waals surface area (Å²) in [6.45, 7) is 4.04. The maximum atomic E-state index is 12.1. The standard InChI is InChI=1S/C19H28N4O3S/c1-3-4-14-9-16(24)23-19(21-14)27-10-17(25)22-18(26)20-11(2)15-8-12-5-6-13(15)7-12/h9,11-13,15H,3-8,10H2,1-2H3,(H,21,23,24)(H2,20,22,25,26)/t11-,12-,13-,15-/m0/s1. The van der Waals surface area contributed by atoms with Crippen molar-refractivity contribution in [3.63, 3.8) is 0 Å². The second-order valence-corrected chi connectivity index (χ2v) is 8.69. The van der Waals surface area contributed by atoms with Crippen LogP contribution in [0, 0.1) is 17.8 Å². The van der Waals surface area contributed by atoms with Gasteiger partial charge in [-0.3, -0.25) is 14.9 Å². The maximum Gasteiger partial charge on any atom is 0.321 e. The quantitative estimate of drug-likeness (QED) is 0.488. The number of aryl methyl sites for hydroxylation is 1. The third kappa shape index (κ3) is 5.34. The third-order valence-corrected chi connectivity index (χ3v) is 6.54. The molecule has 0 radical (unpaired) electrons. The SMILES string of the molecule is CCCc1cc(=O)[nH]c(SCC(=O)NC(=O)N[C@@H](C)[C@@H]2C[C@H]3CC[C@H]2C3)n1. The average Bonchev–Trinajstić information content (AvgIpc) is 3.23. The molecule has 0 saturated heterocycles. The van der Waals surface area contributed by atoms with Gasteiger partial charge in [0.25, 0.3) is 5.56 Å². The van der Waals surface area contributed by atoms with Crippen molar-refractivity contribution in [3.8, 4) is 0 Å². The van der Waals surface area contributed by atoms with Gasteiger partial charge in [0.05, 0.1) is 5.75 Å². The number of nitrogens with zero attached hydrogens (tertiary/aromatic N) is 1. The minimum Gasteiger partial charge on any atom is -0.335 e. The van der Waals surface area contributed by atoms with E-state index >= 15 is 0 Å². The Bertz CT molecular complexity index is 751. The molecular weight excluding hydrogens is 364 g/mol. The van der Waals surface area contributed by atoms with Crippen molar-refractivity contribution < 1.29 is 9.59 Å². The molecule has 7 nitrogen and oxygen atoms in total. The lowest BCUT2D eigenvalue weighted by molar-refractivity contribution is -0.117. The number of hydrogen-bond acceptors (Lipinski definition) is 5. The largest absolute Gasteiger partial charge is 0.335 e. The first-order valence-electron chi connectivity index (χ1n) is 9.78. The molecular formula is C19H28N4O3S. The van der Waals surface area contributed by atoms with Crippen LogP contribution >= 0.6 is 11.8 Å². The fraction of sp³-hybridized carbons (Fsp3) is 0.684. The summed E-state index contributed by atoms with van der Waals surface area (Å²) >= 11 is 1.12. The number of aromatic nitrogens is 2. The summed E-state index contributed by atoms with van der Waals surface area (Å²) in [7, 11) is 0. The Hall–Kier alpha value is -1.83. The fourth-order valence-corrected chi connectivity index (χ4v) is 5.18. The highest BCUT2D eigenvalue weighted by Crippen LogP contribution is 2.49. The van der Waals surface area contributed by atoms with E-state index in [-0.39, 0.29) is 17.4 Å². The van der Waals surface area contributed by atoms with Crippen molar-refractivity contribution in [2.45, 2.75) is 63.6 Å². The molecule has 2 saturated carbocycles. The molecule has 0 aromatic carbocycles.